The van der Waals surface area contributed by atoms with Crippen molar-refractivity contribution >= 4 is 49.6 Å². The van der Waals surface area contributed by atoms with Gasteiger partial charge in [-0.2, -0.15) is 0 Å². The third-order valence-electron chi connectivity index (χ3n) is 4.49. The normalized spacial score (nSPS) is 11.2. The number of nitrogen functional groups attached to an aromatic ring is 1. The number of rotatable bonds is 4. The molecule has 4 aromatic rings. The quantitative estimate of drug-likeness (QED) is 0.516. The molecular formula is C20H18BrN5O. The lowest BCUT2D eigenvalue weighted by atomic mass is 10.2. The van der Waals surface area contributed by atoms with E-state index in [0.717, 1.165) is 20.9 Å². The van der Waals surface area contributed by atoms with Crippen molar-refractivity contribution in [3.05, 3.63) is 64.4 Å². The van der Waals surface area contributed by atoms with Gasteiger partial charge < -0.3 is 15.6 Å². The number of H-pyrrole nitrogens is 1. The second-order valence-electron chi connectivity index (χ2n) is 6.25. The summed E-state index contributed by atoms with van der Waals surface area (Å²) in [7, 11) is 0. The van der Waals surface area contributed by atoms with Crippen LogP contribution in [0.25, 0.3) is 21.9 Å². The number of nitrogens with zero attached hydrogens (tertiary/aromatic N) is 3. The monoisotopic (exact) mass is 423 g/mol. The standard InChI is InChI=1S/C20H18BrN5O/c1-2-26(20(27)12-6-4-3-5-7-12)11-16-24-17-14-10-13(21)8-9-15(14)23-19(22)18(17)25-16/h3-10H,2,11H2,1H3,(H2,22,23)(H,24,25). The SMILES string of the molecule is CCN(Cc1nc2c(N)nc3ccc(Br)cc3c2[nH]1)C(=O)c1ccccc1. The van der Waals surface area contributed by atoms with E-state index in [1.807, 2.05) is 55.5 Å². The zero-order valence-corrected chi connectivity index (χ0v) is 16.3. The highest BCUT2D eigenvalue weighted by Gasteiger charge is 2.18. The van der Waals surface area contributed by atoms with Gasteiger partial charge in [0.2, 0.25) is 0 Å². The number of amides is 1. The number of nitrogens with one attached hydrogen (secondary N) is 1. The third-order valence-corrected chi connectivity index (χ3v) is 4.99. The van der Waals surface area contributed by atoms with E-state index in [1.165, 1.54) is 0 Å². The predicted octanol–water partition coefficient (Wildman–Crippen LogP) is 4.12. The molecule has 1 amide bonds. The topological polar surface area (TPSA) is 87.9 Å². The van der Waals surface area contributed by atoms with Gasteiger partial charge in [0.15, 0.2) is 5.82 Å². The smallest absolute Gasteiger partial charge is 0.254 e. The first-order valence-corrected chi connectivity index (χ1v) is 9.43. The Labute approximate surface area is 164 Å². The Morgan fingerprint density at radius 3 is 2.70 bits per heavy atom. The fourth-order valence-electron chi connectivity index (χ4n) is 3.14. The Morgan fingerprint density at radius 2 is 1.96 bits per heavy atom. The molecule has 6 nitrogen and oxygen atoms in total. The summed E-state index contributed by atoms with van der Waals surface area (Å²) in [5.41, 5.74) is 9.01. The fraction of sp³-hybridized carbons (Fsp3) is 0.150. The number of aromatic amines is 1. The average Bonchev–Trinajstić information content (AvgIpc) is 3.12. The molecule has 0 saturated carbocycles. The minimum absolute atomic E-state index is 0.0303. The minimum Gasteiger partial charge on any atom is -0.382 e. The summed E-state index contributed by atoms with van der Waals surface area (Å²) in [6.45, 7) is 2.89. The molecule has 2 aromatic heterocycles. The van der Waals surface area contributed by atoms with E-state index >= 15 is 0 Å². The number of fused-ring (bicyclic) bond motifs is 3. The lowest BCUT2D eigenvalue weighted by Crippen LogP contribution is -2.30. The minimum atomic E-state index is -0.0303. The van der Waals surface area contributed by atoms with E-state index in [0.29, 0.717) is 35.8 Å². The van der Waals surface area contributed by atoms with Gasteiger partial charge in [0.1, 0.15) is 11.3 Å². The maximum atomic E-state index is 12.8. The van der Waals surface area contributed by atoms with Crippen molar-refractivity contribution in [1.82, 2.24) is 19.9 Å². The van der Waals surface area contributed by atoms with Crippen molar-refractivity contribution in [3.63, 3.8) is 0 Å². The zero-order chi connectivity index (χ0) is 19.0. The van der Waals surface area contributed by atoms with Crippen molar-refractivity contribution in [3.8, 4) is 0 Å². The fourth-order valence-corrected chi connectivity index (χ4v) is 3.50. The number of hydrogen-bond donors (Lipinski definition) is 2. The van der Waals surface area contributed by atoms with E-state index in [-0.39, 0.29) is 5.91 Å². The number of halogens is 1. The number of nitrogens with two attached hydrogens (primary N) is 1. The van der Waals surface area contributed by atoms with Crippen LogP contribution in [0, 0.1) is 0 Å². The van der Waals surface area contributed by atoms with Gasteiger partial charge in [0, 0.05) is 22.0 Å². The van der Waals surface area contributed by atoms with Gasteiger partial charge in [0.05, 0.1) is 17.6 Å². The van der Waals surface area contributed by atoms with Crippen LogP contribution in [0.1, 0.15) is 23.1 Å². The van der Waals surface area contributed by atoms with E-state index in [2.05, 4.69) is 30.9 Å². The first kappa shape index (κ1) is 17.5. The molecule has 7 heteroatoms. The molecule has 3 N–H and O–H groups in total. The van der Waals surface area contributed by atoms with Crippen molar-refractivity contribution in [2.24, 2.45) is 0 Å². The highest BCUT2D eigenvalue weighted by Crippen LogP contribution is 2.28. The molecule has 0 saturated heterocycles. The molecule has 4 rings (SSSR count). The summed E-state index contributed by atoms with van der Waals surface area (Å²) in [5.74, 6) is 1.02. The summed E-state index contributed by atoms with van der Waals surface area (Å²) in [6.07, 6.45) is 0. The van der Waals surface area contributed by atoms with Crippen molar-refractivity contribution in [2.45, 2.75) is 13.5 Å². The van der Waals surface area contributed by atoms with E-state index in [9.17, 15) is 4.79 Å². The van der Waals surface area contributed by atoms with Crippen molar-refractivity contribution in [1.29, 1.82) is 0 Å². The average molecular weight is 424 g/mol. The van der Waals surface area contributed by atoms with Crippen LogP contribution in [0.3, 0.4) is 0 Å². The summed E-state index contributed by atoms with van der Waals surface area (Å²) < 4.78 is 0.952. The maximum Gasteiger partial charge on any atom is 0.254 e. The number of pyridine rings is 1. The largest absolute Gasteiger partial charge is 0.382 e. The Morgan fingerprint density at radius 1 is 1.19 bits per heavy atom. The van der Waals surface area contributed by atoms with Gasteiger partial charge in [-0.1, -0.05) is 34.1 Å². The highest BCUT2D eigenvalue weighted by molar-refractivity contribution is 9.10. The Hall–Kier alpha value is -2.93. The molecule has 2 heterocycles. The van der Waals surface area contributed by atoms with Crippen LogP contribution in [-0.4, -0.2) is 32.3 Å². The molecule has 0 unspecified atom stereocenters. The number of hydrogen-bond acceptors (Lipinski definition) is 4. The van der Waals surface area contributed by atoms with Gasteiger partial charge in [-0.05, 0) is 37.3 Å². The Balaban J connectivity index is 1.73. The van der Waals surface area contributed by atoms with Crippen LogP contribution in [0.15, 0.2) is 53.0 Å². The van der Waals surface area contributed by atoms with E-state index < -0.39 is 0 Å². The van der Waals surface area contributed by atoms with Crippen LogP contribution < -0.4 is 5.73 Å². The van der Waals surface area contributed by atoms with Crippen molar-refractivity contribution < 1.29 is 4.79 Å². The molecule has 27 heavy (non-hydrogen) atoms. The summed E-state index contributed by atoms with van der Waals surface area (Å²) >= 11 is 3.49. The molecule has 0 spiro atoms. The lowest BCUT2D eigenvalue weighted by Gasteiger charge is -2.19. The molecule has 0 atom stereocenters. The van der Waals surface area contributed by atoms with Gasteiger partial charge in [-0.25, -0.2) is 9.97 Å². The second-order valence-corrected chi connectivity index (χ2v) is 7.17. The molecule has 2 aromatic carbocycles. The first-order valence-electron chi connectivity index (χ1n) is 8.64. The molecule has 0 fully saturated rings. The molecule has 136 valence electrons. The summed E-state index contributed by atoms with van der Waals surface area (Å²) in [4.78, 5) is 26.9. The lowest BCUT2D eigenvalue weighted by molar-refractivity contribution is 0.0749. The Bertz CT molecular complexity index is 1140. The number of aromatic nitrogens is 3. The van der Waals surface area contributed by atoms with Crippen molar-refractivity contribution in [2.75, 3.05) is 12.3 Å². The van der Waals surface area contributed by atoms with Crippen LogP contribution in [0.5, 0.6) is 0 Å². The number of benzene rings is 2. The van der Waals surface area contributed by atoms with Crippen LogP contribution >= 0.6 is 15.9 Å². The second kappa shape index (κ2) is 7.00. The number of anilines is 1. The number of imidazole rings is 1. The third kappa shape index (κ3) is 3.26. The van der Waals surface area contributed by atoms with E-state index in [4.69, 9.17) is 5.73 Å². The zero-order valence-electron chi connectivity index (χ0n) is 14.7. The van der Waals surface area contributed by atoms with Crippen LogP contribution in [-0.2, 0) is 6.54 Å². The van der Waals surface area contributed by atoms with Gasteiger partial charge >= 0.3 is 0 Å². The van der Waals surface area contributed by atoms with E-state index in [1.54, 1.807) is 4.90 Å². The molecule has 0 aliphatic carbocycles. The number of carbonyl (C=O) groups excluding carboxylic acids is 1. The molecule has 0 radical (unpaired) electrons. The maximum absolute atomic E-state index is 12.8. The van der Waals surface area contributed by atoms with Crippen LogP contribution in [0.2, 0.25) is 0 Å². The Kier molecular flexibility index (Phi) is 4.53. The van der Waals surface area contributed by atoms with Gasteiger partial charge in [-0.15, -0.1) is 0 Å². The molecule has 0 aliphatic rings. The highest BCUT2D eigenvalue weighted by atomic mass is 79.9. The van der Waals surface area contributed by atoms with Crippen LogP contribution in [0.4, 0.5) is 5.82 Å². The summed E-state index contributed by atoms with van der Waals surface area (Å²) in [5, 5.41) is 0.935. The van der Waals surface area contributed by atoms with Gasteiger partial charge in [0.25, 0.3) is 5.91 Å². The molecule has 0 aliphatic heterocycles. The number of carbonyl (C=O) groups is 1. The first-order chi connectivity index (χ1) is 13.1. The van der Waals surface area contributed by atoms with Gasteiger partial charge in [-0.3, -0.25) is 4.79 Å². The predicted molar refractivity (Wildman–Crippen MR) is 110 cm³/mol. The summed E-state index contributed by atoms with van der Waals surface area (Å²) in [6, 6.07) is 15.1. The molecule has 0 bridgehead atoms. The molecular weight excluding hydrogens is 406 g/mol.